The second-order valence-electron chi connectivity index (χ2n) is 2.70. The molecule has 0 fully saturated rings. The molecule has 15 heavy (non-hydrogen) atoms. The van der Waals surface area contributed by atoms with Crippen molar-refractivity contribution in [3.05, 3.63) is 59.4 Å². The molecule has 3 heteroatoms. The van der Waals surface area contributed by atoms with Gasteiger partial charge < -0.3 is 0 Å². The van der Waals surface area contributed by atoms with Crippen LogP contribution in [0.5, 0.6) is 0 Å². The van der Waals surface area contributed by atoms with Crippen molar-refractivity contribution in [3.63, 3.8) is 0 Å². The predicted octanol–water partition coefficient (Wildman–Crippen LogP) is 3.14. The zero-order valence-corrected chi connectivity index (χ0v) is 9.92. The smallest absolute Gasteiger partial charge is 0.206 e. The molecule has 2 nitrogen and oxygen atoms in total. The molecule has 0 aromatic carbocycles. The Kier molecular flexibility index (Phi) is 5.64. The molecule has 0 aliphatic rings. The Hall–Kier alpha value is -1.35. The van der Waals surface area contributed by atoms with Gasteiger partial charge in [-0.1, -0.05) is 37.5 Å². The van der Waals surface area contributed by atoms with Gasteiger partial charge in [-0.15, -0.1) is 0 Å². The molecule has 0 heterocycles. The highest BCUT2D eigenvalue weighted by atomic mass is 32.2. The van der Waals surface area contributed by atoms with Crippen LogP contribution in [0.3, 0.4) is 0 Å². The Morgan fingerprint density at radius 3 is 2.07 bits per heavy atom. The van der Waals surface area contributed by atoms with Crippen LogP contribution < -0.4 is 0 Å². The van der Waals surface area contributed by atoms with Gasteiger partial charge in [0.2, 0.25) is 9.84 Å². The summed E-state index contributed by atoms with van der Waals surface area (Å²) in [5.74, 6) is 0. The zero-order valence-electron chi connectivity index (χ0n) is 9.10. The van der Waals surface area contributed by atoms with Crippen LogP contribution >= 0.6 is 0 Å². The first-order valence-electron chi connectivity index (χ1n) is 4.53. The number of rotatable bonds is 5. The molecule has 0 saturated carbocycles. The van der Waals surface area contributed by atoms with Gasteiger partial charge in [-0.2, -0.15) is 0 Å². The van der Waals surface area contributed by atoms with Crippen molar-refractivity contribution in [1.82, 2.24) is 0 Å². The van der Waals surface area contributed by atoms with Crippen molar-refractivity contribution in [3.8, 4) is 0 Å². The maximum Gasteiger partial charge on any atom is 0.206 e. The normalized spacial score (nSPS) is 14.3. The van der Waals surface area contributed by atoms with Gasteiger partial charge in [0.25, 0.3) is 0 Å². The lowest BCUT2D eigenvalue weighted by Gasteiger charge is -2.04. The Morgan fingerprint density at radius 1 is 1.13 bits per heavy atom. The van der Waals surface area contributed by atoms with Crippen molar-refractivity contribution in [2.45, 2.75) is 13.8 Å². The van der Waals surface area contributed by atoms with E-state index in [2.05, 4.69) is 13.2 Å². The van der Waals surface area contributed by atoms with Crippen molar-refractivity contribution >= 4 is 9.84 Å². The average Bonchev–Trinajstić information content (AvgIpc) is 2.19. The Balaban J connectivity index is 5.62. The SMILES string of the molecule is C=C/C=C(\C=C/C)S(=O)(=O)/C(C=C)=C/C. The second-order valence-corrected chi connectivity index (χ2v) is 4.65. The summed E-state index contributed by atoms with van der Waals surface area (Å²) in [6.07, 6.45) is 8.96. The summed E-state index contributed by atoms with van der Waals surface area (Å²) in [6, 6.07) is 0. The molecule has 82 valence electrons. The summed E-state index contributed by atoms with van der Waals surface area (Å²) in [6.45, 7) is 10.4. The van der Waals surface area contributed by atoms with Crippen LogP contribution in [0.4, 0.5) is 0 Å². The highest BCUT2D eigenvalue weighted by Gasteiger charge is 2.17. The van der Waals surface area contributed by atoms with Crippen LogP contribution in [0.2, 0.25) is 0 Å². The Labute approximate surface area is 91.9 Å². The van der Waals surface area contributed by atoms with Gasteiger partial charge in [0.1, 0.15) is 0 Å². The minimum atomic E-state index is -3.44. The molecule has 0 unspecified atom stereocenters. The molecule has 0 spiro atoms. The van der Waals surface area contributed by atoms with E-state index in [-0.39, 0.29) is 9.81 Å². The van der Waals surface area contributed by atoms with E-state index < -0.39 is 9.84 Å². The molecule has 0 saturated heterocycles. The minimum absolute atomic E-state index is 0.203. The largest absolute Gasteiger partial charge is 0.219 e. The molecule has 0 bridgehead atoms. The molecule has 0 aromatic heterocycles. The monoisotopic (exact) mass is 224 g/mol. The third-order valence-electron chi connectivity index (χ3n) is 1.72. The average molecular weight is 224 g/mol. The number of allylic oxidation sites excluding steroid dienone is 6. The van der Waals surface area contributed by atoms with E-state index in [1.807, 2.05) is 0 Å². The maximum absolute atomic E-state index is 12.0. The van der Waals surface area contributed by atoms with Crippen molar-refractivity contribution < 1.29 is 8.42 Å². The fourth-order valence-electron chi connectivity index (χ4n) is 1.03. The number of hydrogen-bond donors (Lipinski definition) is 0. The fraction of sp³-hybridized carbons (Fsp3) is 0.167. The second kappa shape index (κ2) is 6.19. The topological polar surface area (TPSA) is 34.1 Å². The Bertz CT molecular complexity index is 421. The molecular formula is C12H16O2S. The molecule has 0 aromatic rings. The van der Waals surface area contributed by atoms with Gasteiger partial charge in [0, 0.05) is 0 Å². The van der Waals surface area contributed by atoms with E-state index >= 15 is 0 Å². The van der Waals surface area contributed by atoms with Crippen LogP contribution in [0.1, 0.15) is 13.8 Å². The van der Waals surface area contributed by atoms with Crippen molar-refractivity contribution in [1.29, 1.82) is 0 Å². The van der Waals surface area contributed by atoms with Gasteiger partial charge in [0.05, 0.1) is 9.81 Å². The summed E-state index contributed by atoms with van der Waals surface area (Å²) in [5.41, 5.74) is 0. The van der Waals surface area contributed by atoms with Gasteiger partial charge in [0.15, 0.2) is 0 Å². The molecular weight excluding hydrogens is 208 g/mol. The first kappa shape index (κ1) is 13.7. The highest BCUT2D eigenvalue weighted by Crippen LogP contribution is 2.19. The maximum atomic E-state index is 12.0. The van der Waals surface area contributed by atoms with E-state index in [0.29, 0.717) is 0 Å². The summed E-state index contributed by atoms with van der Waals surface area (Å²) in [4.78, 5) is 0.418. The van der Waals surface area contributed by atoms with E-state index in [1.165, 1.54) is 30.4 Å². The van der Waals surface area contributed by atoms with Gasteiger partial charge in [-0.05, 0) is 26.0 Å². The van der Waals surface area contributed by atoms with E-state index in [1.54, 1.807) is 19.9 Å². The van der Waals surface area contributed by atoms with Crippen LogP contribution in [-0.2, 0) is 9.84 Å². The number of hydrogen-bond acceptors (Lipinski definition) is 2. The molecule has 0 atom stereocenters. The first-order valence-corrected chi connectivity index (χ1v) is 6.02. The van der Waals surface area contributed by atoms with Crippen LogP contribution in [-0.4, -0.2) is 8.42 Å². The van der Waals surface area contributed by atoms with Gasteiger partial charge in [-0.3, -0.25) is 0 Å². The molecule has 0 amide bonds. The first-order chi connectivity index (χ1) is 7.04. The standard InChI is InChI=1S/C12H16O2S/c1-5-9-12(10-6-2)15(13,14)11(7-3)8-4/h5-10H,1,3H2,2,4H3/b10-6-,11-8+,12-9+. The van der Waals surface area contributed by atoms with Crippen LogP contribution in [0.15, 0.2) is 59.4 Å². The quantitative estimate of drug-likeness (QED) is 0.672. The minimum Gasteiger partial charge on any atom is -0.219 e. The Morgan fingerprint density at radius 2 is 1.73 bits per heavy atom. The van der Waals surface area contributed by atoms with Crippen LogP contribution in [0, 0.1) is 0 Å². The molecule has 0 N–H and O–H groups in total. The lowest BCUT2D eigenvalue weighted by molar-refractivity contribution is 0.609. The summed E-state index contributed by atoms with van der Waals surface area (Å²) < 4.78 is 23.9. The van der Waals surface area contributed by atoms with E-state index in [4.69, 9.17) is 0 Å². The van der Waals surface area contributed by atoms with Crippen LogP contribution in [0.25, 0.3) is 0 Å². The highest BCUT2D eigenvalue weighted by molar-refractivity contribution is 7.99. The molecule has 0 radical (unpaired) electrons. The zero-order chi connectivity index (χ0) is 11.9. The summed E-state index contributed by atoms with van der Waals surface area (Å²) in [5, 5.41) is 0. The van der Waals surface area contributed by atoms with Gasteiger partial charge >= 0.3 is 0 Å². The van der Waals surface area contributed by atoms with Crippen molar-refractivity contribution in [2.24, 2.45) is 0 Å². The molecule has 0 aliphatic heterocycles. The number of sulfone groups is 1. The van der Waals surface area contributed by atoms with Gasteiger partial charge in [-0.25, -0.2) is 8.42 Å². The summed E-state index contributed by atoms with van der Waals surface area (Å²) in [7, 11) is -3.44. The van der Waals surface area contributed by atoms with Crippen molar-refractivity contribution in [2.75, 3.05) is 0 Å². The van der Waals surface area contributed by atoms with E-state index in [9.17, 15) is 8.42 Å². The molecule has 0 aliphatic carbocycles. The third kappa shape index (κ3) is 3.36. The lowest BCUT2D eigenvalue weighted by Crippen LogP contribution is -2.04. The lowest BCUT2D eigenvalue weighted by atomic mass is 10.4. The van der Waals surface area contributed by atoms with E-state index in [0.717, 1.165) is 0 Å². The third-order valence-corrected chi connectivity index (χ3v) is 3.64. The fourth-order valence-corrected chi connectivity index (χ4v) is 2.43. The molecule has 0 rings (SSSR count). The predicted molar refractivity (Wildman–Crippen MR) is 66.0 cm³/mol. The summed E-state index contributed by atoms with van der Waals surface area (Å²) >= 11 is 0.